The maximum absolute atomic E-state index is 5.91. The Kier molecular flexibility index (Phi) is 5.20. The number of hydrogen-bond acceptors (Lipinski definition) is 3. The van der Waals surface area contributed by atoms with Gasteiger partial charge in [-0.2, -0.15) is 0 Å². The molecule has 1 N–H and O–H groups in total. The molecule has 0 bridgehead atoms. The molecule has 2 rings (SSSR count). The van der Waals surface area contributed by atoms with Gasteiger partial charge in [0.1, 0.15) is 11.5 Å². The SMILES string of the molecule is CCCNc1cncc(Oc2ccc(C(C)C)c(C)c2)c1. The van der Waals surface area contributed by atoms with Gasteiger partial charge in [-0.1, -0.05) is 26.8 Å². The maximum atomic E-state index is 5.91. The number of nitrogens with one attached hydrogen (secondary N) is 1. The van der Waals surface area contributed by atoms with Crippen LogP contribution in [0.5, 0.6) is 11.5 Å². The lowest BCUT2D eigenvalue weighted by Crippen LogP contribution is -2.00. The first-order valence-corrected chi connectivity index (χ1v) is 7.57. The molecule has 1 heterocycles. The van der Waals surface area contributed by atoms with Gasteiger partial charge in [0, 0.05) is 12.6 Å². The van der Waals surface area contributed by atoms with Crippen LogP contribution >= 0.6 is 0 Å². The number of rotatable bonds is 6. The number of hydrogen-bond donors (Lipinski definition) is 1. The molecule has 0 fully saturated rings. The zero-order valence-corrected chi connectivity index (χ0v) is 13.3. The second kappa shape index (κ2) is 7.11. The van der Waals surface area contributed by atoms with Gasteiger partial charge in [-0.3, -0.25) is 4.98 Å². The number of aryl methyl sites for hydroxylation is 1. The largest absolute Gasteiger partial charge is 0.456 e. The molecule has 0 radical (unpaired) electrons. The van der Waals surface area contributed by atoms with Crippen LogP contribution in [0, 0.1) is 6.92 Å². The minimum Gasteiger partial charge on any atom is -0.456 e. The maximum Gasteiger partial charge on any atom is 0.147 e. The van der Waals surface area contributed by atoms with Crippen LogP contribution in [0.1, 0.15) is 44.2 Å². The molecule has 21 heavy (non-hydrogen) atoms. The van der Waals surface area contributed by atoms with Crippen molar-refractivity contribution in [1.82, 2.24) is 4.98 Å². The van der Waals surface area contributed by atoms with Crippen molar-refractivity contribution in [2.75, 3.05) is 11.9 Å². The second-order valence-electron chi connectivity index (χ2n) is 5.61. The standard InChI is InChI=1S/C18H24N2O/c1-5-8-20-15-10-17(12-19-11-15)21-16-6-7-18(13(2)3)14(4)9-16/h6-7,9-13,20H,5,8H2,1-4H3. The first-order valence-electron chi connectivity index (χ1n) is 7.57. The fraction of sp³-hybridized carbons (Fsp3) is 0.389. The van der Waals surface area contributed by atoms with E-state index < -0.39 is 0 Å². The van der Waals surface area contributed by atoms with E-state index in [-0.39, 0.29) is 0 Å². The molecule has 1 aromatic heterocycles. The Morgan fingerprint density at radius 3 is 2.62 bits per heavy atom. The fourth-order valence-electron chi connectivity index (χ4n) is 2.34. The quantitative estimate of drug-likeness (QED) is 0.798. The third-order valence-electron chi connectivity index (χ3n) is 3.39. The van der Waals surface area contributed by atoms with Crippen LogP contribution in [0.15, 0.2) is 36.7 Å². The molecule has 112 valence electrons. The lowest BCUT2D eigenvalue weighted by Gasteiger charge is -2.12. The summed E-state index contributed by atoms with van der Waals surface area (Å²) in [5.41, 5.74) is 3.61. The molecule has 0 amide bonds. The zero-order chi connectivity index (χ0) is 15.2. The van der Waals surface area contributed by atoms with Gasteiger partial charge in [0.2, 0.25) is 0 Å². The molecule has 3 heteroatoms. The lowest BCUT2D eigenvalue weighted by atomic mass is 9.98. The van der Waals surface area contributed by atoms with E-state index in [9.17, 15) is 0 Å². The van der Waals surface area contributed by atoms with E-state index in [1.165, 1.54) is 11.1 Å². The third-order valence-corrected chi connectivity index (χ3v) is 3.39. The zero-order valence-electron chi connectivity index (χ0n) is 13.3. The first kappa shape index (κ1) is 15.4. The Balaban J connectivity index is 2.12. The van der Waals surface area contributed by atoms with Crippen molar-refractivity contribution < 1.29 is 4.74 Å². The molecule has 0 aliphatic heterocycles. The summed E-state index contributed by atoms with van der Waals surface area (Å²) in [4.78, 5) is 4.21. The first-order chi connectivity index (χ1) is 10.1. The van der Waals surface area contributed by atoms with Crippen LogP contribution < -0.4 is 10.1 Å². The van der Waals surface area contributed by atoms with Crippen LogP contribution in [0.2, 0.25) is 0 Å². The van der Waals surface area contributed by atoms with Gasteiger partial charge in [-0.25, -0.2) is 0 Å². The van der Waals surface area contributed by atoms with E-state index in [0.29, 0.717) is 5.92 Å². The summed E-state index contributed by atoms with van der Waals surface area (Å²) in [6.07, 6.45) is 4.64. The van der Waals surface area contributed by atoms with Gasteiger partial charge in [-0.05, 0) is 42.5 Å². The normalized spacial score (nSPS) is 10.7. The van der Waals surface area contributed by atoms with E-state index >= 15 is 0 Å². The predicted molar refractivity (Wildman–Crippen MR) is 88.4 cm³/mol. The van der Waals surface area contributed by atoms with Crippen LogP contribution in [0.4, 0.5) is 5.69 Å². The number of ether oxygens (including phenoxy) is 1. The number of anilines is 1. The highest BCUT2D eigenvalue weighted by Gasteiger charge is 2.06. The van der Waals surface area contributed by atoms with Crippen LogP contribution in [0.3, 0.4) is 0 Å². The number of benzene rings is 1. The number of pyridine rings is 1. The van der Waals surface area contributed by atoms with E-state index in [1.54, 1.807) is 6.20 Å². The average molecular weight is 284 g/mol. The number of nitrogens with zero attached hydrogens (tertiary/aromatic N) is 1. The van der Waals surface area contributed by atoms with E-state index in [2.05, 4.69) is 50.1 Å². The molecule has 0 unspecified atom stereocenters. The smallest absolute Gasteiger partial charge is 0.147 e. The summed E-state index contributed by atoms with van der Waals surface area (Å²) < 4.78 is 5.91. The highest BCUT2D eigenvalue weighted by atomic mass is 16.5. The van der Waals surface area contributed by atoms with E-state index in [4.69, 9.17) is 4.74 Å². The molecule has 0 saturated heterocycles. The Morgan fingerprint density at radius 1 is 1.14 bits per heavy atom. The highest BCUT2D eigenvalue weighted by Crippen LogP contribution is 2.27. The van der Waals surface area contributed by atoms with Gasteiger partial charge < -0.3 is 10.1 Å². The van der Waals surface area contributed by atoms with Crippen molar-refractivity contribution in [3.8, 4) is 11.5 Å². The molecule has 0 saturated carbocycles. The summed E-state index contributed by atoms with van der Waals surface area (Å²) in [6, 6.07) is 8.23. The molecular formula is C18H24N2O. The fourth-order valence-corrected chi connectivity index (χ4v) is 2.34. The third kappa shape index (κ3) is 4.22. The topological polar surface area (TPSA) is 34.2 Å². The summed E-state index contributed by atoms with van der Waals surface area (Å²) in [6.45, 7) is 9.61. The summed E-state index contributed by atoms with van der Waals surface area (Å²) in [5, 5.41) is 3.31. The molecule has 2 aromatic rings. The molecule has 0 aliphatic carbocycles. The Bertz CT molecular complexity index is 594. The lowest BCUT2D eigenvalue weighted by molar-refractivity contribution is 0.479. The van der Waals surface area contributed by atoms with E-state index in [1.807, 2.05) is 18.3 Å². The van der Waals surface area contributed by atoms with Crippen LogP contribution in [0.25, 0.3) is 0 Å². The van der Waals surface area contributed by atoms with Crippen molar-refractivity contribution in [3.05, 3.63) is 47.8 Å². The Morgan fingerprint density at radius 2 is 1.95 bits per heavy atom. The van der Waals surface area contributed by atoms with Gasteiger partial charge in [0.15, 0.2) is 0 Å². The molecule has 3 nitrogen and oxygen atoms in total. The molecule has 0 atom stereocenters. The van der Waals surface area contributed by atoms with Crippen molar-refractivity contribution in [1.29, 1.82) is 0 Å². The van der Waals surface area contributed by atoms with Crippen LogP contribution in [-0.2, 0) is 0 Å². The van der Waals surface area contributed by atoms with Gasteiger partial charge in [0.05, 0.1) is 18.1 Å². The van der Waals surface area contributed by atoms with Crippen molar-refractivity contribution in [2.24, 2.45) is 0 Å². The Labute approximate surface area is 127 Å². The predicted octanol–water partition coefficient (Wildman–Crippen LogP) is 5.13. The molecule has 0 spiro atoms. The van der Waals surface area contributed by atoms with Crippen molar-refractivity contribution in [3.63, 3.8) is 0 Å². The summed E-state index contributed by atoms with van der Waals surface area (Å²) >= 11 is 0. The van der Waals surface area contributed by atoms with Crippen molar-refractivity contribution in [2.45, 2.75) is 40.0 Å². The van der Waals surface area contributed by atoms with Gasteiger partial charge in [-0.15, -0.1) is 0 Å². The van der Waals surface area contributed by atoms with E-state index in [0.717, 1.165) is 30.2 Å². The Hall–Kier alpha value is -2.03. The van der Waals surface area contributed by atoms with Gasteiger partial charge in [0.25, 0.3) is 0 Å². The molecular weight excluding hydrogens is 260 g/mol. The van der Waals surface area contributed by atoms with Crippen molar-refractivity contribution >= 4 is 5.69 Å². The molecule has 1 aromatic carbocycles. The minimum atomic E-state index is 0.530. The average Bonchev–Trinajstić information content (AvgIpc) is 2.45. The monoisotopic (exact) mass is 284 g/mol. The summed E-state index contributed by atoms with van der Waals surface area (Å²) in [7, 11) is 0. The summed E-state index contributed by atoms with van der Waals surface area (Å²) in [5.74, 6) is 2.14. The minimum absolute atomic E-state index is 0.530. The van der Waals surface area contributed by atoms with Gasteiger partial charge >= 0.3 is 0 Å². The number of aromatic nitrogens is 1. The van der Waals surface area contributed by atoms with Crippen LogP contribution in [-0.4, -0.2) is 11.5 Å². The molecule has 0 aliphatic rings. The highest BCUT2D eigenvalue weighted by molar-refractivity contribution is 5.47. The second-order valence-corrected chi connectivity index (χ2v) is 5.61.